The number of amides is 1. The lowest BCUT2D eigenvalue weighted by Gasteiger charge is -2.08. The Kier molecular flexibility index (Phi) is 5.08. The number of hydrogen-bond acceptors (Lipinski definition) is 3. The summed E-state index contributed by atoms with van der Waals surface area (Å²) < 4.78 is 5.29. The fraction of sp³-hybridized carbons (Fsp3) is 0.150. The van der Waals surface area contributed by atoms with Gasteiger partial charge in [-0.1, -0.05) is 42.5 Å². The highest BCUT2D eigenvalue weighted by Gasteiger charge is 2.05. The van der Waals surface area contributed by atoms with E-state index in [1.807, 2.05) is 36.4 Å². The lowest BCUT2D eigenvalue weighted by Crippen LogP contribution is -2.14. The molecule has 3 aromatic rings. The van der Waals surface area contributed by atoms with E-state index in [0.717, 1.165) is 16.6 Å². The molecular formula is C20H19NO3. The predicted octanol–water partition coefficient (Wildman–Crippen LogP) is 3.39. The maximum absolute atomic E-state index is 12.2. The smallest absolute Gasteiger partial charge is 0.228 e. The van der Waals surface area contributed by atoms with Crippen molar-refractivity contribution in [2.24, 2.45) is 0 Å². The zero-order valence-electron chi connectivity index (χ0n) is 13.2. The van der Waals surface area contributed by atoms with Gasteiger partial charge in [0.15, 0.2) is 0 Å². The van der Waals surface area contributed by atoms with Gasteiger partial charge >= 0.3 is 0 Å². The number of aliphatic hydroxyl groups is 1. The maximum atomic E-state index is 12.2. The van der Waals surface area contributed by atoms with Crippen molar-refractivity contribution in [1.82, 2.24) is 0 Å². The second kappa shape index (κ2) is 7.62. The number of fused-ring (bicyclic) bond motifs is 1. The van der Waals surface area contributed by atoms with Gasteiger partial charge in [-0.25, -0.2) is 0 Å². The number of aliphatic hydroxyl groups excluding tert-OH is 1. The molecule has 3 aromatic carbocycles. The van der Waals surface area contributed by atoms with Crippen LogP contribution in [0.25, 0.3) is 10.8 Å². The maximum Gasteiger partial charge on any atom is 0.228 e. The first-order valence-corrected chi connectivity index (χ1v) is 7.86. The first-order chi connectivity index (χ1) is 11.7. The molecule has 0 aromatic heterocycles. The Balaban J connectivity index is 1.61. The van der Waals surface area contributed by atoms with E-state index in [9.17, 15) is 4.79 Å². The summed E-state index contributed by atoms with van der Waals surface area (Å²) in [6.45, 7) is 0.234. The molecule has 24 heavy (non-hydrogen) atoms. The number of nitrogens with one attached hydrogen (secondary N) is 1. The van der Waals surface area contributed by atoms with Gasteiger partial charge in [-0.15, -0.1) is 0 Å². The summed E-state index contributed by atoms with van der Waals surface area (Å²) in [5, 5.41) is 13.9. The third-order valence-corrected chi connectivity index (χ3v) is 3.68. The van der Waals surface area contributed by atoms with Crippen LogP contribution in [-0.2, 0) is 11.2 Å². The fourth-order valence-electron chi connectivity index (χ4n) is 2.54. The summed E-state index contributed by atoms with van der Waals surface area (Å²) in [7, 11) is 0. The molecule has 0 heterocycles. The summed E-state index contributed by atoms with van der Waals surface area (Å²) in [5.41, 5.74) is 1.70. The van der Waals surface area contributed by atoms with Crippen LogP contribution in [0.4, 0.5) is 5.69 Å². The highest BCUT2D eigenvalue weighted by Crippen LogP contribution is 2.18. The van der Waals surface area contributed by atoms with Gasteiger partial charge in [0.2, 0.25) is 5.91 Å². The number of rotatable bonds is 6. The lowest BCUT2D eigenvalue weighted by atomic mass is 10.0. The predicted molar refractivity (Wildman–Crippen MR) is 95.3 cm³/mol. The molecule has 122 valence electrons. The van der Waals surface area contributed by atoms with Crippen molar-refractivity contribution in [2.75, 3.05) is 18.5 Å². The Hall–Kier alpha value is -2.85. The van der Waals surface area contributed by atoms with Crippen molar-refractivity contribution in [3.8, 4) is 5.75 Å². The van der Waals surface area contributed by atoms with Crippen molar-refractivity contribution in [3.05, 3.63) is 72.3 Å². The highest BCUT2D eigenvalue weighted by atomic mass is 16.5. The summed E-state index contributed by atoms with van der Waals surface area (Å²) in [6, 6.07) is 21.2. The molecule has 0 atom stereocenters. The van der Waals surface area contributed by atoms with Crippen LogP contribution in [0.5, 0.6) is 5.75 Å². The standard InChI is InChI=1S/C20H19NO3/c22-11-12-24-19-9-7-18(8-10-19)21-20(23)14-15-5-6-16-3-1-2-4-17(16)13-15/h1-10,13,22H,11-12,14H2,(H,21,23). The van der Waals surface area contributed by atoms with Gasteiger partial charge in [-0.05, 0) is 40.6 Å². The second-order valence-corrected chi connectivity index (χ2v) is 5.50. The Labute approximate surface area is 140 Å². The van der Waals surface area contributed by atoms with Crippen molar-refractivity contribution in [2.45, 2.75) is 6.42 Å². The van der Waals surface area contributed by atoms with E-state index in [2.05, 4.69) is 11.4 Å². The van der Waals surface area contributed by atoms with Gasteiger partial charge in [0.1, 0.15) is 12.4 Å². The summed E-state index contributed by atoms with van der Waals surface area (Å²) in [5.74, 6) is 0.603. The van der Waals surface area contributed by atoms with Gasteiger partial charge in [-0.2, -0.15) is 0 Å². The van der Waals surface area contributed by atoms with E-state index in [1.165, 1.54) is 5.39 Å². The molecule has 0 aliphatic heterocycles. The monoisotopic (exact) mass is 321 g/mol. The average molecular weight is 321 g/mol. The molecule has 0 aliphatic carbocycles. The van der Waals surface area contributed by atoms with E-state index < -0.39 is 0 Å². The third-order valence-electron chi connectivity index (χ3n) is 3.68. The average Bonchev–Trinajstić information content (AvgIpc) is 2.61. The van der Waals surface area contributed by atoms with Crippen molar-refractivity contribution >= 4 is 22.4 Å². The molecule has 0 radical (unpaired) electrons. The van der Waals surface area contributed by atoms with Gasteiger partial charge < -0.3 is 15.2 Å². The minimum atomic E-state index is -0.0608. The molecule has 3 rings (SSSR count). The lowest BCUT2D eigenvalue weighted by molar-refractivity contribution is -0.115. The molecule has 0 fully saturated rings. The molecule has 0 bridgehead atoms. The number of benzene rings is 3. The number of carbonyl (C=O) groups is 1. The minimum absolute atomic E-state index is 0.0236. The zero-order chi connectivity index (χ0) is 16.8. The molecule has 4 heteroatoms. The summed E-state index contributed by atoms with van der Waals surface area (Å²) >= 11 is 0. The third kappa shape index (κ3) is 4.12. The molecule has 0 unspecified atom stereocenters. The van der Waals surface area contributed by atoms with E-state index in [4.69, 9.17) is 9.84 Å². The van der Waals surface area contributed by atoms with Crippen molar-refractivity contribution in [3.63, 3.8) is 0 Å². The van der Waals surface area contributed by atoms with Crippen molar-refractivity contribution < 1.29 is 14.6 Å². The van der Waals surface area contributed by atoms with Gasteiger partial charge in [0, 0.05) is 5.69 Å². The van der Waals surface area contributed by atoms with E-state index in [1.54, 1.807) is 24.3 Å². The normalized spacial score (nSPS) is 10.5. The van der Waals surface area contributed by atoms with Gasteiger partial charge in [-0.3, -0.25) is 4.79 Å². The minimum Gasteiger partial charge on any atom is -0.491 e. The molecular weight excluding hydrogens is 302 g/mol. The first-order valence-electron chi connectivity index (χ1n) is 7.86. The van der Waals surface area contributed by atoms with Crippen LogP contribution in [0.2, 0.25) is 0 Å². The largest absolute Gasteiger partial charge is 0.491 e. The van der Waals surface area contributed by atoms with Crippen LogP contribution in [-0.4, -0.2) is 24.2 Å². The van der Waals surface area contributed by atoms with Crippen molar-refractivity contribution in [1.29, 1.82) is 0 Å². The van der Waals surface area contributed by atoms with Gasteiger partial charge in [0.05, 0.1) is 13.0 Å². The van der Waals surface area contributed by atoms with Gasteiger partial charge in [0.25, 0.3) is 0 Å². The number of ether oxygens (including phenoxy) is 1. The van der Waals surface area contributed by atoms with Crippen LogP contribution in [0, 0.1) is 0 Å². The van der Waals surface area contributed by atoms with Crippen LogP contribution in [0.1, 0.15) is 5.56 Å². The Morgan fingerprint density at radius 1 is 0.958 bits per heavy atom. The second-order valence-electron chi connectivity index (χ2n) is 5.50. The fourth-order valence-corrected chi connectivity index (χ4v) is 2.54. The zero-order valence-corrected chi connectivity index (χ0v) is 13.2. The van der Waals surface area contributed by atoms with Crippen LogP contribution in [0.15, 0.2) is 66.7 Å². The molecule has 0 saturated carbocycles. The van der Waals surface area contributed by atoms with E-state index in [0.29, 0.717) is 12.2 Å². The van der Waals surface area contributed by atoms with E-state index >= 15 is 0 Å². The molecule has 0 saturated heterocycles. The Morgan fingerprint density at radius 2 is 1.71 bits per heavy atom. The van der Waals surface area contributed by atoms with Crippen LogP contribution in [0.3, 0.4) is 0 Å². The van der Waals surface area contributed by atoms with Crippen LogP contribution < -0.4 is 10.1 Å². The first kappa shape index (κ1) is 16.0. The molecule has 4 nitrogen and oxygen atoms in total. The summed E-state index contributed by atoms with van der Waals surface area (Å²) in [6.07, 6.45) is 0.327. The quantitative estimate of drug-likeness (QED) is 0.731. The summed E-state index contributed by atoms with van der Waals surface area (Å²) in [4.78, 5) is 12.2. The molecule has 1 amide bonds. The topological polar surface area (TPSA) is 58.6 Å². The Bertz CT molecular complexity index is 828. The SMILES string of the molecule is O=C(Cc1ccc2ccccc2c1)Nc1ccc(OCCO)cc1. The van der Waals surface area contributed by atoms with Crippen LogP contribution >= 0.6 is 0 Å². The van der Waals surface area contributed by atoms with E-state index in [-0.39, 0.29) is 19.1 Å². The highest BCUT2D eigenvalue weighted by molar-refractivity contribution is 5.93. The number of hydrogen-bond donors (Lipinski definition) is 2. The molecule has 0 spiro atoms. The Morgan fingerprint density at radius 3 is 2.46 bits per heavy atom. The number of carbonyl (C=O) groups excluding carboxylic acids is 1. The number of anilines is 1. The molecule has 2 N–H and O–H groups in total. The molecule has 0 aliphatic rings.